The summed E-state index contributed by atoms with van der Waals surface area (Å²) in [5.41, 5.74) is 1.05. The third kappa shape index (κ3) is 3.57. The van der Waals surface area contributed by atoms with Crippen LogP contribution in [0.3, 0.4) is 0 Å². The van der Waals surface area contributed by atoms with Crippen LogP contribution < -0.4 is 4.72 Å². The molecule has 1 N–H and O–H groups in total. The number of rotatable bonds is 6. The van der Waals surface area contributed by atoms with E-state index in [9.17, 15) is 8.42 Å². The minimum atomic E-state index is -3.76. The third-order valence-corrected chi connectivity index (χ3v) is 4.45. The first-order chi connectivity index (χ1) is 11.1. The van der Waals surface area contributed by atoms with E-state index in [1.54, 1.807) is 15.4 Å². The Morgan fingerprint density at radius 1 is 1.17 bits per heavy atom. The van der Waals surface area contributed by atoms with E-state index in [2.05, 4.69) is 20.0 Å². The minimum Gasteiger partial charge on any atom is -0.336 e. The Morgan fingerprint density at radius 3 is 2.65 bits per heavy atom. The minimum absolute atomic E-state index is 0.0445. The molecule has 0 saturated carbocycles. The van der Waals surface area contributed by atoms with Gasteiger partial charge in [-0.2, -0.15) is 8.42 Å². The van der Waals surface area contributed by atoms with Crippen LogP contribution in [0.25, 0.3) is 0 Å². The molecule has 120 valence electrons. The molecule has 0 aliphatic rings. The molecule has 0 amide bonds. The summed E-state index contributed by atoms with van der Waals surface area (Å²) in [6.07, 6.45) is 4.49. The number of hydrogen-bond donors (Lipinski definition) is 1. The molecule has 1 aromatic carbocycles. The van der Waals surface area contributed by atoms with Crippen molar-refractivity contribution in [3.63, 3.8) is 0 Å². The molecular formula is C14H16N6O2S. The molecule has 2 heterocycles. The van der Waals surface area contributed by atoms with Crippen molar-refractivity contribution in [2.45, 2.75) is 25.0 Å². The summed E-state index contributed by atoms with van der Waals surface area (Å²) in [5, 5.41) is 7.72. The van der Waals surface area contributed by atoms with Gasteiger partial charge in [0, 0.05) is 12.7 Å². The lowest BCUT2D eigenvalue weighted by Gasteiger charge is -2.01. The number of aromatic nitrogens is 5. The maximum absolute atomic E-state index is 12.2. The maximum Gasteiger partial charge on any atom is 0.282 e. The molecule has 23 heavy (non-hydrogen) atoms. The Kier molecular flexibility index (Phi) is 4.11. The number of nitrogens with zero attached hydrogens (tertiary/aromatic N) is 5. The van der Waals surface area contributed by atoms with Crippen LogP contribution in [0.5, 0.6) is 0 Å². The van der Waals surface area contributed by atoms with E-state index in [1.165, 1.54) is 12.5 Å². The van der Waals surface area contributed by atoms with Crippen LogP contribution in [0, 0.1) is 0 Å². The summed E-state index contributed by atoms with van der Waals surface area (Å²) in [5.74, 6) is 0.159. The molecule has 8 nitrogen and oxygen atoms in total. The Labute approximate surface area is 133 Å². The smallest absolute Gasteiger partial charge is 0.282 e. The van der Waals surface area contributed by atoms with Gasteiger partial charge in [0.05, 0.1) is 19.1 Å². The van der Waals surface area contributed by atoms with Crippen LogP contribution in [0.1, 0.15) is 12.5 Å². The molecule has 3 rings (SSSR count). The molecule has 2 aromatic heterocycles. The SMILES string of the molecule is CCn1cnc(S(=O)(=O)Nc2cn(Cc3ccccc3)nn2)c1. The van der Waals surface area contributed by atoms with Crippen molar-refractivity contribution >= 4 is 15.8 Å². The zero-order valence-electron chi connectivity index (χ0n) is 12.5. The third-order valence-electron chi connectivity index (χ3n) is 3.22. The number of benzene rings is 1. The molecule has 0 spiro atoms. The zero-order valence-corrected chi connectivity index (χ0v) is 13.3. The van der Waals surface area contributed by atoms with Gasteiger partial charge < -0.3 is 4.57 Å². The van der Waals surface area contributed by atoms with E-state index in [0.717, 1.165) is 5.56 Å². The van der Waals surface area contributed by atoms with Gasteiger partial charge in [0.2, 0.25) is 0 Å². The predicted octanol–water partition coefficient (Wildman–Crippen LogP) is 1.34. The zero-order chi connectivity index (χ0) is 16.3. The summed E-state index contributed by atoms with van der Waals surface area (Å²) in [7, 11) is -3.76. The summed E-state index contributed by atoms with van der Waals surface area (Å²) < 4.78 is 30.1. The second-order valence-corrected chi connectivity index (χ2v) is 6.56. The van der Waals surface area contributed by atoms with Gasteiger partial charge in [-0.15, -0.1) is 5.10 Å². The van der Waals surface area contributed by atoms with Gasteiger partial charge in [0.25, 0.3) is 10.0 Å². The fourth-order valence-corrected chi connectivity index (χ4v) is 2.97. The normalized spacial score (nSPS) is 11.5. The summed E-state index contributed by atoms with van der Waals surface area (Å²) in [6, 6.07) is 9.71. The van der Waals surface area contributed by atoms with Gasteiger partial charge in [0.1, 0.15) is 0 Å². The molecule has 0 fully saturated rings. The Bertz CT molecular complexity index is 885. The highest BCUT2D eigenvalue weighted by atomic mass is 32.2. The Hall–Kier alpha value is -2.68. The van der Waals surface area contributed by atoms with Crippen molar-refractivity contribution in [1.29, 1.82) is 0 Å². The first kappa shape index (κ1) is 15.2. The van der Waals surface area contributed by atoms with Gasteiger partial charge in [0.15, 0.2) is 10.8 Å². The molecule has 0 atom stereocenters. The number of imidazole rings is 1. The monoisotopic (exact) mass is 332 g/mol. The van der Waals surface area contributed by atoms with E-state index in [1.807, 2.05) is 37.3 Å². The number of hydrogen-bond acceptors (Lipinski definition) is 5. The average Bonchev–Trinajstić information content (AvgIpc) is 3.17. The lowest BCUT2D eigenvalue weighted by molar-refractivity contribution is 0.597. The van der Waals surface area contributed by atoms with Crippen molar-refractivity contribution in [1.82, 2.24) is 24.5 Å². The summed E-state index contributed by atoms with van der Waals surface area (Å²) in [4.78, 5) is 3.89. The molecule has 3 aromatic rings. The highest BCUT2D eigenvalue weighted by molar-refractivity contribution is 7.92. The highest BCUT2D eigenvalue weighted by Crippen LogP contribution is 2.12. The quantitative estimate of drug-likeness (QED) is 0.735. The van der Waals surface area contributed by atoms with Crippen LogP contribution >= 0.6 is 0 Å². The molecule has 0 aliphatic heterocycles. The average molecular weight is 332 g/mol. The van der Waals surface area contributed by atoms with Gasteiger partial charge in [-0.1, -0.05) is 35.5 Å². The van der Waals surface area contributed by atoms with E-state index in [4.69, 9.17) is 0 Å². The Morgan fingerprint density at radius 2 is 1.96 bits per heavy atom. The van der Waals surface area contributed by atoms with Crippen LogP contribution in [0.15, 0.2) is 54.1 Å². The molecule has 0 aliphatic carbocycles. The predicted molar refractivity (Wildman–Crippen MR) is 84.3 cm³/mol. The Balaban J connectivity index is 1.73. The van der Waals surface area contributed by atoms with Crippen molar-refractivity contribution in [2.24, 2.45) is 0 Å². The maximum atomic E-state index is 12.2. The van der Waals surface area contributed by atoms with Crippen molar-refractivity contribution in [3.8, 4) is 0 Å². The number of sulfonamides is 1. The van der Waals surface area contributed by atoms with Crippen LogP contribution in [-0.2, 0) is 23.1 Å². The van der Waals surface area contributed by atoms with E-state index >= 15 is 0 Å². The van der Waals surface area contributed by atoms with Gasteiger partial charge >= 0.3 is 0 Å². The van der Waals surface area contributed by atoms with E-state index in [0.29, 0.717) is 13.1 Å². The largest absolute Gasteiger partial charge is 0.336 e. The van der Waals surface area contributed by atoms with Gasteiger partial charge in [-0.05, 0) is 12.5 Å². The molecule has 0 unspecified atom stereocenters. The summed E-state index contributed by atoms with van der Waals surface area (Å²) in [6.45, 7) is 3.07. The van der Waals surface area contributed by atoms with Gasteiger partial charge in [-0.3, -0.25) is 4.72 Å². The van der Waals surface area contributed by atoms with Crippen LogP contribution in [0.2, 0.25) is 0 Å². The lowest BCUT2D eigenvalue weighted by Crippen LogP contribution is -2.13. The molecular weight excluding hydrogens is 316 g/mol. The van der Waals surface area contributed by atoms with Crippen LogP contribution in [-0.4, -0.2) is 33.0 Å². The molecule has 0 saturated heterocycles. The van der Waals surface area contributed by atoms with E-state index in [-0.39, 0.29) is 10.8 Å². The molecule has 0 radical (unpaired) electrons. The fraction of sp³-hybridized carbons (Fsp3) is 0.214. The standard InChI is InChI=1S/C14H16N6O2S/c1-2-19-10-14(15-11-19)23(21,22)17-13-9-20(18-16-13)8-12-6-4-3-5-7-12/h3-7,9-11,17H,2,8H2,1H3. The highest BCUT2D eigenvalue weighted by Gasteiger charge is 2.19. The number of nitrogens with one attached hydrogen (secondary N) is 1. The van der Waals surface area contributed by atoms with Crippen LogP contribution in [0.4, 0.5) is 5.82 Å². The second-order valence-electron chi connectivity index (χ2n) is 4.93. The molecule has 0 bridgehead atoms. The number of aryl methyl sites for hydroxylation is 1. The number of anilines is 1. The summed E-state index contributed by atoms with van der Waals surface area (Å²) >= 11 is 0. The van der Waals surface area contributed by atoms with E-state index < -0.39 is 10.0 Å². The molecule has 9 heteroatoms. The first-order valence-electron chi connectivity index (χ1n) is 7.05. The van der Waals surface area contributed by atoms with Crippen molar-refractivity contribution in [3.05, 3.63) is 54.6 Å². The second kappa shape index (κ2) is 6.21. The lowest BCUT2D eigenvalue weighted by atomic mass is 10.2. The fourth-order valence-electron chi connectivity index (χ4n) is 2.03. The van der Waals surface area contributed by atoms with Gasteiger partial charge in [-0.25, -0.2) is 9.67 Å². The van der Waals surface area contributed by atoms with Crippen molar-refractivity contribution < 1.29 is 8.42 Å². The first-order valence-corrected chi connectivity index (χ1v) is 8.54. The van der Waals surface area contributed by atoms with Crippen molar-refractivity contribution in [2.75, 3.05) is 4.72 Å². The topological polar surface area (TPSA) is 94.7 Å².